The number of aliphatic hydroxyl groups is 1. The Kier molecular flexibility index (Phi) is 11.6. The predicted octanol–water partition coefficient (Wildman–Crippen LogP) is 5.53. The summed E-state index contributed by atoms with van der Waals surface area (Å²) in [5, 5.41) is 32.3. The molecular formula is C32H30ClFN4O8. The fourth-order valence-corrected chi connectivity index (χ4v) is 4.59. The molecule has 0 bridgehead atoms. The number of hydrogen-bond acceptors (Lipinski definition) is 11. The van der Waals surface area contributed by atoms with Gasteiger partial charge in [0.1, 0.15) is 41.9 Å². The highest BCUT2D eigenvalue weighted by atomic mass is 35.5. The van der Waals surface area contributed by atoms with Crippen molar-refractivity contribution < 1.29 is 38.1 Å². The van der Waals surface area contributed by atoms with Crippen molar-refractivity contribution in [3.05, 3.63) is 111 Å². The maximum absolute atomic E-state index is 15.5. The van der Waals surface area contributed by atoms with Gasteiger partial charge in [-0.15, -0.1) is 12.4 Å². The molecule has 1 heterocycles. The summed E-state index contributed by atoms with van der Waals surface area (Å²) in [7, 11) is 0. The van der Waals surface area contributed by atoms with Crippen molar-refractivity contribution >= 4 is 35.1 Å². The Morgan fingerprint density at radius 1 is 0.978 bits per heavy atom. The van der Waals surface area contributed by atoms with E-state index in [0.717, 1.165) is 0 Å². The highest BCUT2D eigenvalue weighted by molar-refractivity contribution is 5.85. The maximum atomic E-state index is 15.5. The second-order valence-corrected chi connectivity index (χ2v) is 9.86. The minimum Gasteiger partial charge on any atom is -0.488 e. The second kappa shape index (κ2) is 15.8. The molecule has 0 amide bonds. The van der Waals surface area contributed by atoms with Crippen molar-refractivity contribution in [3.63, 3.8) is 0 Å². The van der Waals surface area contributed by atoms with Crippen LogP contribution in [0.2, 0.25) is 0 Å². The highest BCUT2D eigenvalue weighted by Gasteiger charge is 2.24. The molecule has 0 aliphatic rings. The number of aromatic nitrogens is 2. The molecule has 0 aliphatic carbocycles. The zero-order chi connectivity index (χ0) is 31.8. The number of carbonyl (C=O) groups excluding carboxylic acids is 1. The summed E-state index contributed by atoms with van der Waals surface area (Å²) in [6.45, 7) is 0.829. The van der Waals surface area contributed by atoms with E-state index in [-0.39, 0.29) is 55.8 Å². The van der Waals surface area contributed by atoms with Crippen LogP contribution < -0.4 is 14.8 Å². The number of nitro groups is 1. The zero-order valence-electron chi connectivity index (χ0n) is 24.6. The molecule has 12 nitrogen and oxygen atoms in total. The van der Waals surface area contributed by atoms with E-state index in [4.69, 9.17) is 18.8 Å². The van der Waals surface area contributed by atoms with Gasteiger partial charge in [0.15, 0.2) is 0 Å². The molecule has 0 spiro atoms. The predicted molar refractivity (Wildman–Crippen MR) is 167 cm³/mol. The van der Waals surface area contributed by atoms with E-state index in [1.807, 2.05) is 6.07 Å². The number of nitro benzene ring substituents is 1. The number of nitrogens with one attached hydrogen (secondary N) is 1. The summed E-state index contributed by atoms with van der Waals surface area (Å²) in [6.07, 6.45) is 0. The van der Waals surface area contributed by atoms with Gasteiger partial charge < -0.3 is 19.3 Å². The van der Waals surface area contributed by atoms with Crippen LogP contribution in [-0.2, 0) is 29.3 Å². The zero-order valence-corrected chi connectivity index (χ0v) is 25.4. The minimum atomic E-state index is -1.07. The molecule has 46 heavy (non-hydrogen) atoms. The topological polar surface area (TPSA) is 159 Å². The highest BCUT2D eigenvalue weighted by Crippen LogP contribution is 2.36. The van der Waals surface area contributed by atoms with Crippen molar-refractivity contribution in [2.75, 3.05) is 13.2 Å². The Labute approximate surface area is 268 Å². The van der Waals surface area contributed by atoms with Gasteiger partial charge in [0.25, 0.3) is 0 Å². The van der Waals surface area contributed by atoms with Crippen molar-refractivity contribution in [1.29, 1.82) is 0 Å². The molecule has 5 aromatic rings. The monoisotopic (exact) mass is 652 g/mol. The van der Waals surface area contributed by atoms with Crippen molar-refractivity contribution in [2.24, 2.45) is 0 Å². The van der Waals surface area contributed by atoms with Crippen LogP contribution in [0, 0.1) is 15.9 Å². The number of nitrogens with zero attached hydrogens (tertiary/aromatic N) is 3. The maximum Gasteiger partial charge on any atom is 0.325 e. The molecule has 240 valence electrons. The van der Waals surface area contributed by atoms with Gasteiger partial charge in [-0.1, -0.05) is 54.6 Å². The number of aliphatic hydroxyl groups excluding tert-OH is 1. The van der Waals surface area contributed by atoms with Gasteiger partial charge in [-0.25, -0.2) is 9.02 Å². The Morgan fingerprint density at radius 2 is 1.74 bits per heavy atom. The van der Waals surface area contributed by atoms with Crippen molar-refractivity contribution in [3.8, 4) is 22.6 Å². The summed E-state index contributed by atoms with van der Waals surface area (Å²) < 4.78 is 37.1. The van der Waals surface area contributed by atoms with Gasteiger partial charge >= 0.3 is 11.7 Å². The number of ether oxygens (including phenoxy) is 3. The lowest BCUT2D eigenvalue weighted by molar-refractivity contribution is -0.386. The molecular weight excluding hydrogens is 623 g/mol. The first kappa shape index (κ1) is 33.8. The molecule has 0 radical (unpaired) electrons. The first-order valence-electron chi connectivity index (χ1n) is 14.0. The van der Waals surface area contributed by atoms with Gasteiger partial charge in [0, 0.05) is 35.4 Å². The summed E-state index contributed by atoms with van der Waals surface area (Å²) in [6, 6.07) is 20.6. The Balaban J connectivity index is 0.00000480. The lowest BCUT2D eigenvalue weighted by Crippen LogP contribution is -2.40. The van der Waals surface area contributed by atoms with Crippen LogP contribution in [0.3, 0.4) is 0 Å². The fraction of sp³-hybridized carbons (Fsp3) is 0.219. The van der Waals surface area contributed by atoms with E-state index in [9.17, 15) is 20.0 Å². The fourth-order valence-electron chi connectivity index (χ4n) is 4.59. The van der Waals surface area contributed by atoms with Gasteiger partial charge in [0.05, 0.1) is 18.1 Å². The summed E-state index contributed by atoms with van der Waals surface area (Å²) in [5.41, 5.74) is 2.95. The van der Waals surface area contributed by atoms with Crippen LogP contribution in [0.15, 0.2) is 83.5 Å². The molecule has 14 heteroatoms. The number of halogens is 2. The van der Waals surface area contributed by atoms with E-state index < -0.39 is 35.0 Å². The summed E-state index contributed by atoms with van der Waals surface area (Å²) >= 11 is 0. The smallest absolute Gasteiger partial charge is 0.325 e. The first-order chi connectivity index (χ1) is 21.9. The van der Waals surface area contributed by atoms with Crippen LogP contribution in [0.5, 0.6) is 11.5 Å². The molecule has 0 saturated carbocycles. The number of carbonyl (C=O) groups is 1. The summed E-state index contributed by atoms with van der Waals surface area (Å²) in [4.78, 5) is 23.7. The normalized spacial score (nSPS) is 11.5. The van der Waals surface area contributed by atoms with Crippen molar-refractivity contribution in [1.82, 2.24) is 15.6 Å². The average molecular weight is 653 g/mol. The summed E-state index contributed by atoms with van der Waals surface area (Å²) in [5.74, 6) is -1.13. The molecule has 1 unspecified atom stereocenters. The van der Waals surface area contributed by atoms with Crippen LogP contribution in [0.4, 0.5) is 10.1 Å². The van der Waals surface area contributed by atoms with Crippen LogP contribution in [0.1, 0.15) is 23.6 Å². The number of hydrogen-bond donors (Lipinski definition) is 2. The van der Waals surface area contributed by atoms with Gasteiger partial charge in [-0.2, -0.15) is 0 Å². The van der Waals surface area contributed by atoms with Crippen LogP contribution >= 0.6 is 12.4 Å². The molecule has 0 aliphatic heterocycles. The molecule has 5 rings (SSSR count). The van der Waals surface area contributed by atoms with Gasteiger partial charge in [0.2, 0.25) is 5.75 Å². The van der Waals surface area contributed by atoms with E-state index in [0.29, 0.717) is 33.3 Å². The molecule has 4 aromatic carbocycles. The standard InChI is InChI=1S/C32H29FN4O8.ClH/c1-2-42-32(39)27(17-38)34-16-23-14-28(37(40)41)30(15-29(23)43-18-20-11-12-25-26(13-20)36-45-35-25)44-19-22-9-6-10-24(31(22)33)21-7-4-3-5-8-21;/h3-15,27,34,38H,2,16-19H2,1H3;1H. The van der Waals surface area contributed by atoms with E-state index in [2.05, 4.69) is 15.6 Å². The SMILES string of the molecule is CCOC(=O)C(CO)NCc1cc([N+](=O)[O-])c(OCc2cccc(-c3ccccc3)c2F)cc1OCc1ccc2nonc2c1.Cl. The molecule has 2 N–H and O–H groups in total. The van der Waals surface area contributed by atoms with Crippen LogP contribution in [0.25, 0.3) is 22.2 Å². The number of esters is 1. The van der Waals surface area contributed by atoms with Gasteiger partial charge in [-0.3, -0.25) is 20.2 Å². The molecule has 1 atom stereocenters. The average Bonchev–Trinajstić information content (AvgIpc) is 3.52. The van der Waals surface area contributed by atoms with E-state index in [1.54, 1.807) is 67.6 Å². The number of rotatable bonds is 14. The number of benzene rings is 4. The molecule has 1 aromatic heterocycles. The van der Waals surface area contributed by atoms with Gasteiger partial charge in [-0.05, 0) is 40.5 Å². The Hall–Kier alpha value is -5.11. The number of fused-ring (bicyclic) bond motifs is 1. The first-order valence-corrected chi connectivity index (χ1v) is 14.0. The third kappa shape index (κ3) is 7.93. The third-order valence-electron chi connectivity index (χ3n) is 6.89. The van der Waals surface area contributed by atoms with E-state index >= 15 is 4.39 Å². The second-order valence-electron chi connectivity index (χ2n) is 9.86. The molecule has 0 fully saturated rings. The molecule has 0 saturated heterocycles. The van der Waals surface area contributed by atoms with E-state index in [1.165, 1.54) is 12.1 Å². The minimum absolute atomic E-state index is 0. The Morgan fingerprint density at radius 3 is 2.48 bits per heavy atom. The lowest BCUT2D eigenvalue weighted by Gasteiger charge is -2.18. The lowest BCUT2D eigenvalue weighted by atomic mass is 10.0. The largest absolute Gasteiger partial charge is 0.488 e. The quantitative estimate of drug-likeness (QED) is 0.0882. The van der Waals surface area contributed by atoms with Crippen molar-refractivity contribution in [2.45, 2.75) is 32.7 Å². The van der Waals surface area contributed by atoms with Crippen LogP contribution in [-0.4, -0.2) is 45.6 Å². The Bertz CT molecular complexity index is 1800. The third-order valence-corrected chi connectivity index (χ3v) is 6.89.